The lowest BCUT2D eigenvalue weighted by Gasteiger charge is -2.36. The first-order valence-corrected chi connectivity index (χ1v) is 8.58. The van der Waals surface area contributed by atoms with Gasteiger partial charge in [-0.05, 0) is 63.4 Å². The van der Waals surface area contributed by atoms with Crippen molar-refractivity contribution in [3.8, 4) is 0 Å². The molecule has 2 rings (SSSR count). The van der Waals surface area contributed by atoms with Crippen LogP contribution in [0.5, 0.6) is 0 Å². The molecular formula is C15H21BrCl2N2. The van der Waals surface area contributed by atoms with Crippen molar-refractivity contribution in [2.45, 2.75) is 37.8 Å². The van der Waals surface area contributed by atoms with Gasteiger partial charge in [-0.15, -0.1) is 0 Å². The molecule has 1 aromatic carbocycles. The largest absolute Gasteiger partial charge is 0.315 e. The van der Waals surface area contributed by atoms with Gasteiger partial charge in [0.2, 0.25) is 0 Å². The lowest BCUT2D eigenvalue weighted by atomic mass is 9.79. The van der Waals surface area contributed by atoms with Crippen LogP contribution >= 0.6 is 39.1 Å². The second-order valence-corrected chi connectivity index (χ2v) is 7.25. The van der Waals surface area contributed by atoms with E-state index in [0.717, 1.165) is 32.9 Å². The van der Waals surface area contributed by atoms with E-state index in [-0.39, 0.29) is 0 Å². The lowest BCUT2D eigenvalue weighted by Crippen LogP contribution is -2.49. The predicted molar refractivity (Wildman–Crippen MR) is 90.9 cm³/mol. The Bertz CT molecular complexity index is 444. The van der Waals surface area contributed by atoms with Gasteiger partial charge >= 0.3 is 0 Å². The van der Waals surface area contributed by atoms with Gasteiger partial charge in [0, 0.05) is 26.6 Å². The molecule has 1 aliphatic rings. The van der Waals surface area contributed by atoms with Gasteiger partial charge in [0.1, 0.15) is 0 Å². The van der Waals surface area contributed by atoms with E-state index in [9.17, 15) is 0 Å². The number of likely N-dealkylation sites (N-methyl/N-ethyl adjacent to an activating group) is 2. The summed E-state index contributed by atoms with van der Waals surface area (Å²) < 4.78 is 0.934. The summed E-state index contributed by atoms with van der Waals surface area (Å²) in [5.74, 6) is 0.633. The van der Waals surface area contributed by atoms with E-state index in [2.05, 4.69) is 26.6 Å². The fraction of sp³-hybridized carbons (Fsp3) is 0.600. The maximum Gasteiger partial charge on any atom is 0.0464 e. The monoisotopic (exact) mass is 378 g/mol. The van der Waals surface area contributed by atoms with Crippen molar-refractivity contribution in [2.24, 2.45) is 5.92 Å². The third-order valence-corrected chi connectivity index (χ3v) is 5.43. The van der Waals surface area contributed by atoms with Gasteiger partial charge in [0.25, 0.3) is 0 Å². The Balaban J connectivity index is 2.08. The maximum absolute atomic E-state index is 6.34. The highest BCUT2D eigenvalue weighted by Crippen LogP contribution is 2.35. The Kier molecular flexibility index (Phi) is 6.18. The zero-order valence-electron chi connectivity index (χ0n) is 11.8. The SMILES string of the molecule is CN[C@@H]1CCC(Cc2c(Cl)cc(Br)cc2Cl)C[C@H]1NC. The van der Waals surface area contributed by atoms with Crippen LogP contribution in [0.3, 0.4) is 0 Å². The van der Waals surface area contributed by atoms with Gasteiger partial charge in [-0.1, -0.05) is 39.1 Å². The standard InChI is InChI=1S/C15H21BrCl2N2/c1-19-14-4-3-9(6-15(14)20-2)5-11-12(17)7-10(16)8-13(11)18/h7-9,14-15,19-20H,3-6H2,1-2H3/t9?,14-,15-/m1/s1. The Hall–Kier alpha value is 0.200. The van der Waals surface area contributed by atoms with Gasteiger partial charge in [-0.2, -0.15) is 0 Å². The summed E-state index contributed by atoms with van der Waals surface area (Å²) in [5.41, 5.74) is 1.08. The number of nitrogens with one attached hydrogen (secondary N) is 2. The summed E-state index contributed by atoms with van der Waals surface area (Å²) >= 11 is 16.1. The van der Waals surface area contributed by atoms with Crippen LogP contribution < -0.4 is 10.6 Å². The van der Waals surface area contributed by atoms with Gasteiger partial charge < -0.3 is 10.6 Å². The Labute approximate surface area is 139 Å². The number of hydrogen-bond acceptors (Lipinski definition) is 2. The van der Waals surface area contributed by atoms with Gasteiger partial charge in [0.05, 0.1) is 0 Å². The van der Waals surface area contributed by atoms with Crippen LogP contribution in [-0.4, -0.2) is 26.2 Å². The molecule has 0 spiro atoms. The summed E-state index contributed by atoms with van der Waals surface area (Å²) in [4.78, 5) is 0. The normalized spacial score (nSPS) is 26.8. The quantitative estimate of drug-likeness (QED) is 0.815. The number of halogens is 3. The van der Waals surface area contributed by atoms with Crippen LogP contribution in [0, 0.1) is 5.92 Å². The van der Waals surface area contributed by atoms with E-state index in [1.165, 1.54) is 12.8 Å². The molecular weight excluding hydrogens is 359 g/mol. The minimum Gasteiger partial charge on any atom is -0.315 e. The fourth-order valence-electron chi connectivity index (χ4n) is 3.16. The van der Waals surface area contributed by atoms with Crippen LogP contribution in [0.1, 0.15) is 24.8 Å². The fourth-order valence-corrected chi connectivity index (χ4v) is 4.53. The summed E-state index contributed by atoms with van der Waals surface area (Å²) in [5, 5.41) is 8.35. The molecule has 0 bridgehead atoms. The van der Waals surface area contributed by atoms with Crippen molar-refractivity contribution in [1.29, 1.82) is 0 Å². The molecule has 0 heterocycles. The van der Waals surface area contributed by atoms with Crippen molar-refractivity contribution in [3.63, 3.8) is 0 Å². The van der Waals surface area contributed by atoms with E-state index in [1.807, 2.05) is 26.2 Å². The zero-order chi connectivity index (χ0) is 14.7. The van der Waals surface area contributed by atoms with Gasteiger partial charge in [0.15, 0.2) is 0 Å². The van der Waals surface area contributed by atoms with Crippen molar-refractivity contribution in [1.82, 2.24) is 10.6 Å². The number of hydrogen-bond donors (Lipinski definition) is 2. The topological polar surface area (TPSA) is 24.1 Å². The average molecular weight is 380 g/mol. The molecule has 20 heavy (non-hydrogen) atoms. The second kappa shape index (κ2) is 7.46. The smallest absolute Gasteiger partial charge is 0.0464 e. The lowest BCUT2D eigenvalue weighted by molar-refractivity contribution is 0.240. The van der Waals surface area contributed by atoms with Crippen LogP contribution in [0.25, 0.3) is 0 Å². The minimum atomic E-state index is 0.520. The molecule has 5 heteroatoms. The maximum atomic E-state index is 6.34. The molecule has 0 saturated heterocycles. The second-order valence-electron chi connectivity index (χ2n) is 5.52. The van der Waals surface area contributed by atoms with Crippen LogP contribution in [0.2, 0.25) is 10.0 Å². The van der Waals surface area contributed by atoms with E-state index in [1.54, 1.807) is 0 Å². The highest BCUT2D eigenvalue weighted by Gasteiger charge is 2.29. The molecule has 1 saturated carbocycles. The van der Waals surface area contributed by atoms with Gasteiger partial charge in [-0.3, -0.25) is 0 Å². The molecule has 0 aromatic heterocycles. The van der Waals surface area contributed by atoms with Crippen LogP contribution in [0.15, 0.2) is 16.6 Å². The van der Waals surface area contributed by atoms with Crippen molar-refractivity contribution in [2.75, 3.05) is 14.1 Å². The molecule has 2 nitrogen and oxygen atoms in total. The molecule has 0 aliphatic heterocycles. The van der Waals surface area contributed by atoms with E-state index in [0.29, 0.717) is 18.0 Å². The molecule has 1 unspecified atom stereocenters. The molecule has 1 aliphatic carbocycles. The first-order chi connectivity index (χ1) is 9.55. The summed E-state index contributed by atoms with van der Waals surface area (Å²) in [6, 6.07) is 4.94. The molecule has 0 amide bonds. The van der Waals surface area contributed by atoms with Crippen molar-refractivity contribution < 1.29 is 0 Å². The van der Waals surface area contributed by atoms with E-state index >= 15 is 0 Å². The third kappa shape index (κ3) is 3.89. The predicted octanol–water partition coefficient (Wildman–Crippen LogP) is 4.27. The molecule has 1 fully saturated rings. The molecule has 3 atom stereocenters. The molecule has 112 valence electrons. The van der Waals surface area contributed by atoms with Crippen molar-refractivity contribution in [3.05, 3.63) is 32.2 Å². The third-order valence-electron chi connectivity index (χ3n) is 4.30. The highest BCUT2D eigenvalue weighted by molar-refractivity contribution is 9.10. The first kappa shape index (κ1) is 16.6. The van der Waals surface area contributed by atoms with E-state index in [4.69, 9.17) is 23.2 Å². The number of benzene rings is 1. The summed E-state index contributed by atoms with van der Waals surface area (Å²) in [6.45, 7) is 0. The summed E-state index contributed by atoms with van der Waals surface area (Å²) in [7, 11) is 4.08. The Morgan fingerprint density at radius 2 is 1.70 bits per heavy atom. The summed E-state index contributed by atoms with van der Waals surface area (Å²) in [6.07, 6.45) is 4.52. The average Bonchev–Trinajstić information content (AvgIpc) is 2.42. The Morgan fingerprint density at radius 3 is 2.25 bits per heavy atom. The minimum absolute atomic E-state index is 0.520. The molecule has 1 aromatic rings. The first-order valence-electron chi connectivity index (χ1n) is 7.03. The Morgan fingerprint density at radius 1 is 1.10 bits per heavy atom. The van der Waals surface area contributed by atoms with Gasteiger partial charge in [-0.25, -0.2) is 0 Å². The van der Waals surface area contributed by atoms with Crippen molar-refractivity contribution >= 4 is 39.1 Å². The van der Waals surface area contributed by atoms with E-state index < -0.39 is 0 Å². The molecule has 0 radical (unpaired) electrons. The molecule has 2 N–H and O–H groups in total. The number of rotatable bonds is 4. The highest BCUT2D eigenvalue weighted by atomic mass is 79.9. The van der Waals surface area contributed by atoms with Crippen LogP contribution in [0.4, 0.5) is 0 Å². The zero-order valence-corrected chi connectivity index (χ0v) is 14.9. The van der Waals surface area contributed by atoms with Crippen LogP contribution in [-0.2, 0) is 6.42 Å².